The highest BCUT2D eigenvalue weighted by Crippen LogP contribution is 2.47. The molecule has 0 amide bonds. The highest BCUT2D eigenvalue weighted by atomic mass is 32.1. The molecule has 1 unspecified atom stereocenters. The number of esters is 1. The molecule has 1 saturated heterocycles. The van der Waals surface area contributed by atoms with Gasteiger partial charge in [-0.3, -0.25) is 4.79 Å². The van der Waals surface area contributed by atoms with Crippen LogP contribution in [-0.2, 0) is 44.7 Å². The van der Waals surface area contributed by atoms with Crippen molar-refractivity contribution in [1.82, 2.24) is 5.32 Å². The number of rotatable bonds is 5. The lowest BCUT2D eigenvalue weighted by Crippen LogP contribution is -2.41. The first kappa shape index (κ1) is 24.0. The monoisotopic (exact) mass is 481 g/mol. The third-order valence-electron chi connectivity index (χ3n) is 7.93. The number of ether oxygens (including phenoxy) is 1. The molecule has 0 radical (unpaired) electrons. The number of hydrogen-bond donors (Lipinski definition) is 1. The summed E-state index contributed by atoms with van der Waals surface area (Å²) in [4.78, 5) is 15.8. The highest BCUT2D eigenvalue weighted by Gasteiger charge is 2.52. The van der Waals surface area contributed by atoms with E-state index in [0.717, 1.165) is 36.8 Å². The lowest BCUT2D eigenvalue weighted by Gasteiger charge is -2.32. The molecular formula is C27H36BNO4S. The van der Waals surface area contributed by atoms with E-state index in [9.17, 15) is 4.79 Å². The Morgan fingerprint density at radius 3 is 2.53 bits per heavy atom. The minimum atomic E-state index is -0.472. The molecular weight excluding hydrogens is 445 g/mol. The number of fused-ring (bicyclic) bond motifs is 3. The zero-order valence-electron chi connectivity index (χ0n) is 21.2. The quantitative estimate of drug-likeness (QED) is 0.504. The van der Waals surface area contributed by atoms with Gasteiger partial charge in [-0.1, -0.05) is 38.1 Å². The molecule has 0 bridgehead atoms. The molecule has 0 spiro atoms. The number of hydrogen-bond acceptors (Lipinski definition) is 6. The Hall–Kier alpha value is -1.67. The summed E-state index contributed by atoms with van der Waals surface area (Å²) in [7, 11) is -0.472. The fourth-order valence-electron chi connectivity index (χ4n) is 5.33. The number of benzene rings is 1. The van der Waals surface area contributed by atoms with Crippen LogP contribution in [0.4, 0.5) is 0 Å². The third-order valence-corrected chi connectivity index (χ3v) is 9.32. The van der Waals surface area contributed by atoms with Crippen molar-refractivity contribution in [2.24, 2.45) is 5.41 Å². The molecule has 3 aliphatic rings. The van der Waals surface area contributed by atoms with Gasteiger partial charge in [-0.25, -0.2) is 0 Å². The van der Waals surface area contributed by atoms with Gasteiger partial charge in [-0.2, -0.15) is 0 Å². The summed E-state index contributed by atoms with van der Waals surface area (Å²) in [5.74, 6) is -0.178. The zero-order chi connectivity index (χ0) is 24.3. The van der Waals surface area contributed by atoms with Crippen LogP contribution in [0.1, 0.15) is 80.4 Å². The van der Waals surface area contributed by atoms with Crippen molar-refractivity contribution in [3.05, 3.63) is 50.7 Å². The molecule has 2 aliphatic heterocycles. The summed E-state index contributed by atoms with van der Waals surface area (Å²) >= 11 is 1.91. The van der Waals surface area contributed by atoms with Gasteiger partial charge in [0.2, 0.25) is 0 Å². The fourth-order valence-corrected chi connectivity index (χ4v) is 7.03. The van der Waals surface area contributed by atoms with E-state index in [1.165, 1.54) is 15.3 Å². The van der Waals surface area contributed by atoms with E-state index in [1.54, 1.807) is 5.56 Å². The van der Waals surface area contributed by atoms with Crippen LogP contribution in [0.3, 0.4) is 0 Å². The number of nitrogens with one attached hydrogen (secondary N) is 1. The number of thiophene rings is 1. The maximum atomic E-state index is 12.9. The van der Waals surface area contributed by atoms with E-state index >= 15 is 0 Å². The molecule has 182 valence electrons. The Bertz CT molecular complexity index is 1090. The van der Waals surface area contributed by atoms with Crippen LogP contribution >= 0.6 is 11.3 Å². The topological polar surface area (TPSA) is 56.8 Å². The average molecular weight is 481 g/mol. The van der Waals surface area contributed by atoms with Crippen LogP contribution in [0.25, 0.3) is 0 Å². The smallest absolute Gasteiger partial charge is 0.461 e. The van der Waals surface area contributed by atoms with Gasteiger partial charge >= 0.3 is 13.1 Å². The summed E-state index contributed by atoms with van der Waals surface area (Å²) in [5.41, 5.74) is 4.42. The molecule has 0 saturated carbocycles. The van der Waals surface area contributed by atoms with Gasteiger partial charge in [0, 0.05) is 9.75 Å². The van der Waals surface area contributed by atoms with Crippen molar-refractivity contribution in [3.63, 3.8) is 0 Å². The Balaban J connectivity index is 1.25. The molecule has 5 nitrogen and oxygen atoms in total. The second kappa shape index (κ2) is 8.47. The van der Waals surface area contributed by atoms with Crippen LogP contribution < -0.4 is 10.8 Å². The second-order valence-electron chi connectivity index (χ2n) is 11.8. The number of carbonyl (C=O) groups excluding carboxylic acids is 1. The molecule has 34 heavy (non-hydrogen) atoms. The molecule has 2 aromatic rings. The summed E-state index contributed by atoms with van der Waals surface area (Å²) in [6.45, 7) is 14.0. The Labute approximate surface area is 207 Å². The normalized spacial score (nSPS) is 24.1. The molecule has 1 aromatic heterocycles. The fraction of sp³-hybridized carbons (Fsp3) is 0.593. The molecule has 1 aliphatic carbocycles. The minimum Gasteiger partial charge on any atom is -0.461 e. The molecule has 1 N–H and O–H groups in total. The van der Waals surface area contributed by atoms with E-state index in [0.29, 0.717) is 11.8 Å². The molecule has 7 heteroatoms. The van der Waals surface area contributed by atoms with E-state index < -0.39 is 18.3 Å². The summed E-state index contributed by atoms with van der Waals surface area (Å²) in [6.07, 6.45) is 3.71. The first-order chi connectivity index (χ1) is 16.0. The summed E-state index contributed by atoms with van der Waals surface area (Å²) in [6, 6.07) is 7.96. The van der Waals surface area contributed by atoms with Crippen LogP contribution in [-0.4, -0.2) is 30.8 Å². The van der Waals surface area contributed by atoms with Gasteiger partial charge in [-0.05, 0) is 81.1 Å². The molecule has 1 fully saturated rings. The van der Waals surface area contributed by atoms with Gasteiger partial charge in [0.15, 0.2) is 0 Å². The Kier molecular flexibility index (Phi) is 5.99. The lowest BCUT2D eigenvalue weighted by molar-refractivity contribution is -0.145. The largest absolute Gasteiger partial charge is 0.495 e. The van der Waals surface area contributed by atoms with Gasteiger partial charge in [0.1, 0.15) is 6.61 Å². The molecule has 3 heterocycles. The lowest BCUT2D eigenvalue weighted by atomic mass is 9.76. The first-order valence-corrected chi connectivity index (χ1v) is 13.2. The maximum Gasteiger partial charge on any atom is 0.495 e. The predicted molar refractivity (Wildman–Crippen MR) is 137 cm³/mol. The summed E-state index contributed by atoms with van der Waals surface area (Å²) in [5, 5.41) is 3.56. The van der Waals surface area contributed by atoms with Gasteiger partial charge in [0.25, 0.3) is 0 Å². The van der Waals surface area contributed by atoms with Crippen molar-refractivity contribution >= 4 is 29.9 Å². The van der Waals surface area contributed by atoms with E-state index in [-0.39, 0.29) is 18.6 Å². The van der Waals surface area contributed by atoms with E-state index in [2.05, 4.69) is 19.2 Å². The molecule has 5 rings (SSSR count). The van der Waals surface area contributed by atoms with Crippen molar-refractivity contribution < 1.29 is 18.8 Å². The van der Waals surface area contributed by atoms with Crippen LogP contribution in [0.2, 0.25) is 0 Å². The molecule has 1 aromatic carbocycles. The Morgan fingerprint density at radius 2 is 1.79 bits per heavy atom. The standard InChI is InChI=1S/C27H36BNO4S/c1-25(2)14-19-18-11-12-29-21(24(18)34-22(19)15-25)13-23(30)31-16-17-9-7-8-10-20(17)28-32-26(3,4)27(5,6)33-28/h7-10,21,29H,11-16H2,1-6H3. The van der Waals surface area contributed by atoms with Crippen molar-refractivity contribution in [1.29, 1.82) is 0 Å². The van der Waals surface area contributed by atoms with E-state index in [1.807, 2.05) is 63.3 Å². The highest BCUT2D eigenvalue weighted by molar-refractivity contribution is 7.12. The summed E-state index contributed by atoms with van der Waals surface area (Å²) < 4.78 is 18.2. The van der Waals surface area contributed by atoms with Crippen molar-refractivity contribution in [2.45, 2.75) is 91.1 Å². The SMILES string of the molecule is CC1(C)Cc2sc3c(c2C1)CCNC3CC(=O)OCc1ccccc1B1OC(C)(C)C(C)(C)O1. The second-order valence-corrected chi connectivity index (χ2v) is 12.9. The van der Waals surface area contributed by atoms with Crippen LogP contribution in [0, 0.1) is 5.41 Å². The van der Waals surface area contributed by atoms with Gasteiger partial charge < -0.3 is 19.4 Å². The van der Waals surface area contributed by atoms with Gasteiger partial charge in [0.05, 0.1) is 23.7 Å². The Morgan fingerprint density at radius 1 is 1.09 bits per heavy atom. The van der Waals surface area contributed by atoms with Crippen molar-refractivity contribution in [3.8, 4) is 0 Å². The first-order valence-electron chi connectivity index (χ1n) is 12.4. The minimum absolute atomic E-state index is 0.0494. The van der Waals surface area contributed by atoms with Crippen LogP contribution in [0.15, 0.2) is 24.3 Å². The van der Waals surface area contributed by atoms with Gasteiger partial charge in [-0.15, -0.1) is 11.3 Å². The number of carbonyl (C=O) groups is 1. The maximum absolute atomic E-state index is 12.9. The average Bonchev–Trinajstić information content (AvgIpc) is 3.31. The predicted octanol–water partition coefficient (Wildman–Crippen LogP) is 4.49. The zero-order valence-corrected chi connectivity index (χ0v) is 22.1. The third kappa shape index (κ3) is 4.36. The molecule has 1 atom stereocenters. The van der Waals surface area contributed by atoms with E-state index in [4.69, 9.17) is 14.0 Å². The van der Waals surface area contributed by atoms with Crippen LogP contribution in [0.5, 0.6) is 0 Å². The van der Waals surface area contributed by atoms with Crippen molar-refractivity contribution in [2.75, 3.05) is 6.54 Å².